The highest BCUT2D eigenvalue weighted by Crippen LogP contribution is 2.77. The Bertz CT molecular complexity index is 631. The molecule has 0 radical (unpaired) electrons. The summed E-state index contributed by atoms with van der Waals surface area (Å²) in [4.78, 5) is 12.6. The maximum absolute atomic E-state index is 12.6. The third-order valence-corrected chi connectivity index (χ3v) is 10.0. The molecule has 0 unspecified atom stereocenters. The van der Waals surface area contributed by atoms with Crippen molar-refractivity contribution >= 4 is 5.78 Å². The molecule has 1 N–H and O–H groups in total. The molecule has 5 rings (SSSR count). The molecule has 4 saturated carbocycles. The van der Waals surface area contributed by atoms with Crippen LogP contribution in [0.2, 0.25) is 0 Å². The van der Waals surface area contributed by atoms with Crippen LogP contribution in [0.15, 0.2) is 0 Å². The van der Waals surface area contributed by atoms with E-state index in [0.29, 0.717) is 17.3 Å². The van der Waals surface area contributed by atoms with Crippen molar-refractivity contribution in [2.45, 2.75) is 96.4 Å². The van der Waals surface area contributed by atoms with Crippen molar-refractivity contribution < 1.29 is 14.6 Å². The Morgan fingerprint density at radius 1 is 1.04 bits per heavy atom. The lowest BCUT2D eigenvalue weighted by molar-refractivity contribution is -0.152. The molecule has 25 heavy (non-hydrogen) atoms. The number of hydrogen-bond donors (Lipinski definition) is 1. The van der Waals surface area contributed by atoms with E-state index >= 15 is 0 Å². The summed E-state index contributed by atoms with van der Waals surface area (Å²) in [6, 6.07) is 0. The van der Waals surface area contributed by atoms with Gasteiger partial charge < -0.3 is 9.84 Å². The van der Waals surface area contributed by atoms with Gasteiger partial charge in [-0.3, -0.25) is 4.79 Å². The molecule has 0 aromatic carbocycles. The molecule has 0 aromatic heterocycles. The second kappa shape index (κ2) is 4.70. The minimum atomic E-state index is -0.490. The Morgan fingerprint density at radius 2 is 1.80 bits per heavy atom. The monoisotopic (exact) mass is 346 g/mol. The summed E-state index contributed by atoms with van der Waals surface area (Å²) in [6.07, 6.45) is 9.14. The lowest BCUT2D eigenvalue weighted by Crippen LogP contribution is -2.56. The van der Waals surface area contributed by atoms with E-state index in [1.807, 2.05) is 0 Å². The first-order valence-corrected chi connectivity index (χ1v) is 10.6. The van der Waals surface area contributed by atoms with Crippen LogP contribution in [0.25, 0.3) is 0 Å². The number of aliphatic hydroxyl groups is 1. The van der Waals surface area contributed by atoms with E-state index in [0.717, 1.165) is 37.5 Å². The van der Waals surface area contributed by atoms with Gasteiger partial charge in [0.1, 0.15) is 5.60 Å². The van der Waals surface area contributed by atoms with E-state index in [4.69, 9.17) is 4.74 Å². The van der Waals surface area contributed by atoms with Crippen LogP contribution in [0, 0.1) is 34.5 Å². The highest BCUT2D eigenvalue weighted by Gasteiger charge is 2.85. The molecule has 5 aliphatic rings. The van der Waals surface area contributed by atoms with Gasteiger partial charge in [0.05, 0.1) is 6.10 Å². The van der Waals surface area contributed by atoms with Gasteiger partial charge in [0.2, 0.25) is 0 Å². The Morgan fingerprint density at radius 3 is 2.52 bits per heavy atom. The molecule has 3 nitrogen and oxygen atoms in total. The van der Waals surface area contributed by atoms with Crippen molar-refractivity contribution in [3.05, 3.63) is 0 Å². The maximum Gasteiger partial charge on any atom is 0.165 e. The van der Waals surface area contributed by atoms with Crippen molar-refractivity contribution in [3.8, 4) is 0 Å². The smallest absolute Gasteiger partial charge is 0.165 e. The number of hydrogen-bond acceptors (Lipinski definition) is 3. The number of aliphatic hydroxyl groups excluding tert-OH is 1. The van der Waals surface area contributed by atoms with Gasteiger partial charge in [0.15, 0.2) is 11.4 Å². The highest BCUT2D eigenvalue weighted by atomic mass is 16.6. The lowest BCUT2D eigenvalue weighted by Gasteiger charge is -2.61. The zero-order valence-corrected chi connectivity index (χ0v) is 16.3. The third-order valence-electron chi connectivity index (χ3n) is 10.0. The van der Waals surface area contributed by atoms with Gasteiger partial charge >= 0.3 is 0 Å². The van der Waals surface area contributed by atoms with Crippen LogP contribution in [0.4, 0.5) is 0 Å². The van der Waals surface area contributed by atoms with E-state index in [1.165, 1.54) is 25.7 Å². The molecule has 1 aliphatic heterocycles. The van der Waals surface area contributed by atoms with Crippen LogP contribution < -0.4 is 0 Å². The predicted molar refractivity (Wildman–Crippen MR) is 96.0 cm³/mol. The summed E-state index contributed by atoms with van der Waals surface area (Å²) in [7, 11) is 0. The van der Waals surface area contributed by atoms with E-state index in [9.17, 15) is 9.90 Å². The first-order valence-electron chi connectivity index (χ1n) is 10.6. The van der Waals surface area contributed by atoms with Crippen LogP contribution in [-0.2, 0) is 9.53 Å². The molecule has 1 saturated heterocycles. The predicted octanol–water partition coefficient (Wildman–Crippen LogP) is 4.12. The summed E-state index contributed by atoms with van der Waals surface area (Å²) in [5, 5.41) is 10.2. The average Bonchev–Trinajstić information content (AvgIpc) is 3.13. The fourth-order valence-electron chi connectivity index (χ4n) is 8.85. The molecule has 0 amide bonds. The molecular weight excluding hydrogens is 312 g/mol. The highest BCUT2D eigenvalue weighted by molar-refractivity contribution is 5.91. The number of ketones is 1. The van der Waals surface area contributed by atoms with Crippen LogP contribution in [0.3, 0.4) is 0 Å². The second-order valence-corrected chi connectivity index (χ2v) is 10.8. The standard InChI is InChI=1S/C22H34O3/c1-13(23)22-20(3)10-8-17-16(18(20)12-21(22,4)25-22)6-5-14-11-15(24)7-9-19(14,17)2/h14-18,24H,5-12H2,1-4H3/t14-,15+,16-,17+,18+,19+,20+,21-,22+/m1/s1. The lowest BCUT2D eigenvalue weighted by atomic mass is 9.44. The quantitative estimate of drug-likeness (QED) is 0.727. The minimum absolute atomic E-state index is 0.0339. The summed E-state index contributed by atoms with van der Waals surface area (Å²) in [5.74, 6) is 3.13. The Hall–Kier alpha value is -0.410. The Labute approximate surface area is 151 Å². The van der Waals surface area contributed by atoms with Crippen molar-refractivity contribution in [1.29, 1.82) is 0 Å². The molecule has 3 heteroatoms. The van der Waals surface area contributed by atoms with Crippen LogP contribution in [0.1, 0.15) is 79.1 Å². The largest absolute Gasteiger partial charge is 0.393 e. The summed E-state index contributed by atoms with van der Waals surface area (Å²) in [6.45, 7) is 8.84. The summed E-state index contributed by atoms with van der Waals surface area (Å²) >= 11 is 0. The SMILES string of the molecule is CC(=O)[C@@]12O[C@]1(C)C[C@H]1[C@@H]3CC[C@@H]4C[C@@H](O)CC[C@]4(C)[C@H]3CC[C@@]12C. The molecular formula is C22H34O3. The number of ether oxygens (including phenoxy) is 1. The van der Waals surface area contributed by atoms with Gasteiger partial charge in [0, 0.05) is 5.41 Å². The number of carbonyl (C=O) groups excluding carboxylic acids is 1. The minimum Gasteiger partial charge on any atom is -0.393 e. The topological polar surface area (TPSA) is 49.8 Å². The van der Waals surface area contributed by atoms with Gasteiger partial charge in [0.25, 0.3) is 0 Å². The molecule has 5 fully saturated rings. The molecule has 0 aromatic rings. The molecule has 1 heterocycles. The number of rotatable bonds is 1. The zero-order chi connectivity index (χ0) is 17.8. The van der Waals surface area contributed by atoms with E-state index < -0.39 is 5.60 Å². The van der Waals surface area contributed by atoms with Gasteiger partial charge in [-0.2, -0.15) is 0 Å². The molecule has 9 atom stereocenters. The molecule has 4 aliphatic carbocycles. The summed E-state index contributed by atoms with van der Waals surface area (Å²) in [5.41, 5.74) is -0.253. The van der Waals surface area contributed by atoms with Crippen molar-refractivity contribution in [1.82, 2.24) is 0 Å². The van der Waals surface area contributed by atoms with Gasteiger partial charge in [-0.05, 0) is 94.3 Å². The average molecular weight is 347 g/mol. The van der Waals surface area contributed by atoms with E-state index in [-0.39, 0.29) is 22.9 Å². The third kappa shape index (κ3) is 1.74. The fraction of sp³-hybridized carbons (Fsp3) is 0.955. The molecule has 0 spiro atoms. The van der Waals surface area contributed by atoms with Gasteiger partial charge in [-0.1, -0.05) is 13.8 Å². The second-order valence-electron chi connectivity index (χ2n) is 10.8. The van der Waals surface area contributed by atoms with Gasteiger partial charge in [-0.15, -0.1) is 0 Å². The van der Waals surface area contributed by atoms with Crippen LogP contribution >= 0.6 is 0 Å². The van der Waals surface area contributed by atoms with E-state index in [2.05, 4.69) is 20.8 Å². The first-order chi connectivity index (χ1) is 11.7. The number of epoxide rings is 1. The van der Waals surface area contributed by atoms with Crippen molar-refractivity contribution in [3.63, 3.8) is 0 Å². The van der Waals surface area contributed by atoms with E-state index in [1.54, 1.807) is 6.92 Å². The Balaban J connectivity index is 1.49. The molecule has 0 bridgehead atoms. The summed E-state index contributed by atoms with van der Waals surface area (Å²) < 4.78 is 6.20. The van der Waals surface area contributed by atoms with Crippen LogP contribution in [0.5, 0.6) is 0 Å². The van der Waals surface area contributed by atoms with Crippen molar-refractivity contribution in [2.75, 3.05) is 0 Å². The Kier molecular flexibility index (Phi) is 3.15. The zero-order valence-electron chi connectivity index (χ0n) is 16.3. The number of Topliss-reactive ketones (excluding diaryl/α,β-unsaturated/α-hetero) is 1. The normalized spacial score (nSPS) is 62.4. The fourth-order valence-corrected chi connectivity index (χ4v) is 8.85. The number of fused-ring (bicyclic) bond motifs is 7. The maximum atomic E-state index is 12.6. The van der Waals surface area contributed by atoms with Crippen LogP contribution in [-0.4, -0.2) is 28.2 Å². The first kappa shape index (κ1) is 16.7. The number of carbonyl (C=O) groups is 1. The van der Waals surface area contributed by atoms with Crippen molar-refractivity contribution in [2.24, 2.45) is 34.5 Å². The molecule has 140 valence electrons. The van der Waals surface area contributed by atoms with Gasteiger partial charge in [-0.25, -0.2) is 0 Å².